The molecular formula is C43H35ClN6O6. The summed E-state index contributed by atoms with van der Waals surface area (Å²) < 4.78 is 18.6. The summed E-state index contributed by atoms with van der Waals surface area (Å²) in [5, 5.41) is 5.90. The molecule has 0 bridgehead atoms. The molecule has 13 heteroatoms. The number of ether oxygens (including phenoxy) is 3. The van der Waals surface area contributed by atoms with Crippen molar-refractivity contribution in [2.75, 3.05) is 24.7 Å². The van der Waals surface area contributed by atoms with E-state index >= 15 is 0 Å². The van der Waals surface area contributed by atoms with Crippen molar-refractivity contribution in [1.29, 1.82) is 0 Å². The fraction of sp³-hybridized carbons (Fsp3) is 0.140. The molecular weight excluding hydrogens is 732 g/mol. The molecule has 12 nitrogen and oxygen atoms in total. The fourth-order valence-corrected chi connectivity index (χ4v) is 7.18. The number of hydrogen-bond acceptors (Lipinski definition) is 9. The van der Waals surface area contributed by atoms with Crippen LogP contribution in [0.2, 0.25) is 5.02 Å². The highest BCUT2D eigenvalue weighted by Gasteiger charge is 2.53. The van der Waals surface area contributed by atoms with Gasteiger partial charge < -0.3 is 24.4 Å². The SMILES string of the molecule is CN(C)C(=O)Nc1ccc2c(c1)Oc1cc(NC(=O)Oc3c(Cl)cccc3CN(Cc3ccccn3)Cc3ccccn3)ccc1C21OC(=O)c2ccccc21. The van der Waals surface area contributed by atoms with E-state index in [9.17, 15) is 14.4 Å². The minimum absolute atomic E-state index is 0.211. The first-order chi connectivity index (χ1) is 27.2. The van der Waals surface area contributed by atoms with Crippen LogP contribution in [-0.2, 0) is 30.0 Å². The molecule has 4 heterocycles. The van der Waals surface area contributed by atoms with Crippen LogP contribution in [0.3, 0.4) is 0 Å². The number of anilines is 2. The molecule has 1 spiro atoms. The second kappa shape index (κ2) is 15.2. The smallest absolute Gasteiger partial charge is 0.417 e. The largest absolute Gasteiger partial charge is 0.456 e. The molecule has 4 aromatic carbocycles. The van der Waals surface area contributed by atoms with Crippen LogP contribution in [0, 0.1) is 0 Å². The number of halogens is 1. The third-order valence-corrected chi connectivity index (χ3v) is 9.78. The second-order valence-corrected chi connectivity index (χ2v) is 13.9. The van der Waals surface area contributed by atoms with E-state index in [0.717, 1.165) is 11.4 Å². The van der Waals surface area contributed by atoms with E-state index < -0.39 is 17.7 Å². The van der Waals surface area contributed by atoms with Gasteiger partial charge >= 0.3 is 18.1 Å². The van der Waals surface area contributed by atoms with E-state index in [1.807, 2.05) is 60.7 Å². The number of aromatic nitrogens is 2. The number of para-hydroxylation sites is 1. The lowest BCUT2D eigenvalue weighted by molar-refractivity contribution is 0.0224. The zero-order valence-corrected chi connectivity index (χ0v) is 31.1. The van der Waals surface area contributed by atoms with Crippen molar-refractivity contribution in [3.05, 3.63) is 172 Å². The van der Waals surface area contributed by atoms with Gasteiger partial charge in [-0.2, -0.15) is 0 Å². The summed E-state index contributed by atoms with van der Waals surface area (Å²) in [5.41, 5.74) is 4.12. The predicted octanol–water partition coefficient (Wildman–Crippen LogP) is 8.60. The Morgan fingerprint density at radius 1 is 0.732 bits per heavy atom. The zero-order valence-electron chi connectivity index (χ0n) is 30.4. The lowest BCUT2D eigenvalue weighted by Gasteiger charge is -2.36. The molecule has 2 aliphatic heterocycles. The van der Waals surface area contributed by atoms with E-state index in [1.54, 1.807) is 81.1 Å². The highest BCUT2D eigenvalue weighted by Crippen LogP contribution is 2.56. The molecule has 2 N–H and O–H groups in total. The number of esters is 1. The molecule has 0 saturated heterocycles. The van der Waals surface area contributed by atoms with Crippen molar-refractivity contribution >= 4 is 41.1 Å². The van der Waals surface area contributed by atoms with E-state index in [0.29, 0.717) is 70.3 Å². The Bertz CT molecular complexity index is 2420. The van der Waals surface area contributed by atoms with Gasteiger partial charge in [-0.1, -0.05) is 54.1 Å². The van der Waals surface area contributed by atoms with Crippen molar-refractivity contribution in [3.63, 3.8) is 0 Å². The van der Waals surface area contributed by atoms with Crippen molar-refractivity contribution in [2.45, 2.75) is 25.2 Å². The Balaban J connectivity index is 1.08. The lowest BCUT2D eigenvalue weighted by atomic mass is 9.77. The summed E-state index contributed by atoms with van der Waals surface area (Å²) in [6.07, 6.45) is 2.72. The number of carbonyl (C=O) groups is 3. The number of carbonyl (C=O) groups excluding carboxylic acids is 3. The van der Waals surface area contributed by atoms with Crippen LogP contribution >= 0.6 is 11.6 Å². The third-order valence-electron chi connectivity index (χ3n) is 9.48. The van der Waals surface area contributed by atoms with Crippen LogP contribution in [-0.4, -0.2) is 52.0 Å². The van der Waals surface area contributed by atoms with Gasteiger partial charge in [0.25, 0.3) is 0 Å². The molecule has 280 valence electrons. The van der Waals surface area contributed by atoms with Crippen LogP contribution in [0.5, 0.6) is 17.2 Å². The number of nitrogens with one attached hydrogen (secondary N) is 2. The molecule has 2 aliphatic rings. The number of pyridine rings is 2. The van der Waals surface area contributed by atoms with E-state index in [-0.39, 0.29) is 16.8 Å². The molecule has 2 aromatic heterocycles. The van der Waals surface area contributed by atoms with Crippen LogP contribution in [0.4, 0.5) is 21.0 Å². The van der Waals surface area contributed by atoms with E-state index in [4.69, 9.17) is 25.8 Å². The second-order valence-electron chi connectivity index (χ2n) is 13.5. The van der Waals surface area contributed by atoms with Gasteiger partial charge in [-0.3, -0.25) is 20.2 Å². The number of rotatable bonds is 9. The van der Waals surface area contributed by atoms with Gasteiger partial charge in [-0.05, 0) is 60.7 Å². The summed E-state index contributed by atoms with van der Waals surface area (Å²) in [7, 11) is 3.28. The maximum absolute atomic E-state index is 13.6. The first-order valence-corrected chi connectivity index (χ1v) is 18.1. The van der Waals surface area contributed by atoms with Crippen molar-refractivity contribution < 1.29 is 28.6 Å². The molecule has 8 rings (SSSR count). The Morgan fingerprint density at radius 2 is 1.36 bits per heavy atom. The van der Waals surface area contributed by atoms with Crippen LogP contribution in [0.1, 0.15) is 44.0 Å². The van der Waals surface area contributed by atoms with Gasteiger partial charge in [0, 0.05) is 91.9 Å². The fourth-order valence-electron chi connectivity index (χ4n) is 6.95. The van der Waals surface area contributed by atoms with Gasteiger partial charge in [0.15, 0.2) is 11.4 Å². The first-order valence-electron chi connectivity index (χ1n) is 17.7. The predicted molar refractivity (Wildman–Crippen MR) is 210 cm³/mol. The van der Waals surface area contributed by atoms with Crippen LogP contribution < -0.4 is 20.1 Å². The van der Waals surface area contributed by atoms with E-state index in [1.165, 1.54) is 4.90 Å². The number of benzene rings is 4. The summed E-state index contributed by atoms with van der Waals surface area (Å²) in [5.74, 6) is 0.417. The highest BCUT2D eigenvalue weighted by atomic mass is 35.5. The first kappa shape index (κ1) is 36.2. The summed E-state index contributed by atoms with van der Waals surface area (Å²) >= 11 is 6.67. The molecule has 6 aromatic rings. The zero-order chi connectivity index (χ0) is 38.8. The molecule has 0 aliphatic carbocycles. The topological polar surface area (TPSA) is 135 Å². The summed E-state index contributed by atoms with van der Waals surface area (Å²) in [6, 6.07) is 34.0. The van der Waals surface area contributed by atoms with Crippen LogP contribution in [0.25, 0.3) is 0 Å². The molecule has 0 fully saturated rings. The normalized spacial score (nSPS) is 14.9. The maximum atomic E-state index is 13.6. The Hall–Kier alpha value is -6.76. The minimum Gasteiger partial charge on any atom is -0.456 e. The maximum Gasteiger partial charge on any atom is 0.417 e. The standard InChI is InChI=1S/C43H35ClN6O6/c1-49(2)41(52)47-28-16-18-34-37(22-28)54-38-23-29(17-19-35(38)43(34)33-14-4-3-13-32(33)40(51)56-43)48-42(53)55-39-27(10-9-15-36(39)44)24-50(25-30-11-5-7-20-45-30)26-31-12-6-8-21-46-31/h3-23H,24-26H2,1-2H3,(H,47,52)(H,48,53). The number of fused-ring (bicyclic) bond motifs is 6. The van der Waals surface area contributed by atoms with Gasteiger partial charge in [-0.25, -0.2) is 14.4 Å². The third kappa shape index (κ3) is 7.10. The minimum atomic E-state index is -1.34. The average molecular weight is 767 g/mol. The Morgan fingerprint density at radius 3 is 1.98 bits per heavy atom. The lowest BCUT2D eigenvalue weighted by Crippen LogP contribution is -2.33. The van der Waals surface area contributed by atoms with E-state index in [2.05, 4.69) is 25.5 Å². The van der Waals surface area contributed by atoms with Crippen molar-refractivity contribution in [3.8, 4) is 17.2 Å². The number of nitrogens with zero attached hydrogens (tertiary/aromatic N) is 4. The number of urea groups is 1. The van der Waals surface area contributed by atoms with Gasteiger partial charge in [0.1, 0.15) is 11.5 Å². The van der Waals surface area contributed by atoms with Gasteiger partial charge in [-0.15, -0.1) is 0 Å². The molecule has 1 atom stereocenters. The Labute approximate surface area is 327 Å². The van der Waals surface area contributed by atoms with Crippen molar-refractivity contribution in [2.24, 2.45) is 0 Å². The highest BCUT2D eigenvalue weighted by molar-refractivity contribution is 6.32. The Kier molecular flexibility index (Phi) is 9.81. The molecule has 3 amide bonds. The number of hydrogen-bond donors (Lipinski definition) is 2. The van der Waals surface area contributed by atoms with Gasteiger partial charge in [0.2, 0.25) is 0 Å². The average Bonchev–Trinajstić information content (AvgIpc) is 3.48. The van der Waals surface area contributed by atoms with Gasteiger partial charge in [0.05, 0.1) is 22.0 Å². The van der Waals surface area contributed by atoms with Crippen molar-refractivity contribution in [1.82, 2.24) is 19.8 Å². The summed E-state index contributed by atoms with van der Waals surface area (Å²) in [6.45, 7) is 1.40. The molecule has 56 heavy (non-hydrogen) atoms. The quantitative estimate of drug-likeness (QED) is 0.139. The molecule has 0 saturated carbocycles. The monoisotopic (exact) mass is 766 g/mol. The summed E-state index contributed by atoms with van der Waals surface area (Å²) in [4.78, 5) is 52.0. The number of amides is 3. The molecule has 1 unspecified atom stereocenters. The molecule has 0 radical (unpaired) electrons. The van der Waals surface area contributed by atoms with Crippen LogP contribution in [0.15, 0.2) is 128 Å².